The summed E-state index contributed by atoms with van der Waals surface area (Å²) in [5.74, 6) is 0.133. The van der Waals surface area contributed by atoms with Gasteiger partial charge >= 0.3 is 6.18 Å². The lowest BCUT2D eigenvalue weighted by Gasteiger charge is -2.43. The minimum absolute atomic E-state index is 0.0319. The molecule has 0 radical (unpaired) electrons. The van der Waals surface area contributed by atoms with Crippen LogP contribution >= 0.6 is 0 Å². The number of benzene rings is 1. The van der Waals surface area contributed by atoms with Crippen LogP contribution in [0, 0.1) is 0 Å². The molecule has 0 saturated carbocycles. The van der Waals surface area contributed by atoms with Crippen LogP contribution in [0.2, 0.25) is 0 Å². The molecular weight excluding hydrogens is 485 g/mol. The van der Waals surface area contributed by atoms with E-state index in [4.69, 9.17) is 0 Å². The van der Waals surface area contributed by atoms with Crippen LogP contribution in [0.5, 0.6) is 0 Å². The van der Waals surface area contributed by atoms with Crippen LogP contribution in [-0.2, 0) is 16.6 Å². The summed E-state index contributed by atoms with van der Waals surface area (Å²) >= 11 is 0. The summed E-state index contributed by atoms with van der Waals surface area (Å²) in [6.07, 6.45) is 1.93. The normalized spacial score (nSPS) is 20.3. The third kappa shape index (κ3) is 5.63. The molecule has 188 valence electrons. The summed E-state index contributed by atoms with van der Waals surface area (Å²) in [5, 5.41) is 2.76. The Morgan fingerprint density at radius 1 is 1.11 bits per heavy atom. The fourth-order valence-electron chi connectivity index (χ4n) is 4.17. The molecule has 1 amide bonds. The van der Waals surface area contributed by atoms with Crippen LogP contribution in [0.15, 0.2) is 53.9 Å². The number of halogens is 3. The molecule has 0 spiro atoms. The van der Waals surface area contributed by atoms with Gasteiger partial charge < -0.3 is 5.32 Å². The monoisotopic (exact) mass is 510 g/mol. The van der Waals surface area contributed by atoms with Gasteiger partial charge in [0.05, 0.1) is 17.0 Å². The molecule has 3 heterocycles. The first-order valence-corrected chi connectivity index (χ1v) is 12.4. The highest BCUT2D eigenvalue weighted by molar-refractivity contribution is 7.89. The maximum absolute atomic E-state index is 13.1. The molecule has 13 heteroatoms. The van der Waals surface area contributed by atoms with Gasteiger partial charge in [0, 0.05) is 56.5 Å². The number of amides is 1. The summed E-state index contributed by atoms with van der Waals surface area (Å²) in [6, 6.07) is 4.90. The van der Waals surface area contributed by atoms with E-state index in [2.05, 4.69) is 15.3 Å². The zero-order valence-corrected chi connectivity index (χ0v) is 19.9. The number of aromatic nitrogens is 3. The summed E-state index contributed by atoms with van der Waals surface area (Å²) in [5.41, 5.74) is 1.04. The fourth-order valence-corrected chi connectivity index (χ4v) is 5.77. The minimum Gasteiger partial charge on any atom is -0.348 e. The number of rotatable bonds is 6. The largest absolute Gasteiger partial charge is 0.401 e. The Balaban J connectivity index is 1.39. The number of hydrogen-bond donors (Lipinski definition) is 1. The maximum Gasteiger partial charge on any atom is 0.401 e. The van der Waals surface area contributed by atoms with Gasteiger partial charge in [-0.2, -0.15) is 17.5 Å². The predicted octanol–water partition coefficient (Wildman–Crippen LogP) is 2.30. The molecular formula is C22H25F3N6O3S. The quantitative estimate of drug-likeness (QED) is 0.547. The third-order valence-electron chi connectivity index (χ3n) is 5.95. The Morgan fingerprint density at radius 3 is 2.40 bits per heavy atom. The molecule has 2 aromatic heterocycles. The van der Waals surface area contributed by atoms with Crippen LogP contribution in [0.4, 0.5) is 13.2 Å². The molecule has 1 fully saturated rings. The van der Waals surface area contributed by atoms with Crippen LogP contribution in [-0.4, -0.2) is 75.8 Å². The molecule has 1 aromatic carbocycles. The Labute approximate surface area is 200 Å². The molecule has 9 nitrogen and oxygen atoms in total. The second-order valence-electron chi connectivity index (χ2n) is 8.61. The number of piperazine rings is 1. The van der Waals surface area contributed by atoms with E-state index in [1.54, 1.807) is 49.0 Å². The van der Waals surface area contributed by atoms with Gasteiger partial charge in [-0.3, -0.25) is 14.1 Å². The number of fused-ring (bicyclic) bond motifs is 1. The zero-order valence-electron chi connectivity index (χ0n) is 19.1. The lowest BCUT2D eigenvalue weighted by Crippen LogP contribution is -2.59. The van der Waals surface area contributed by atoms with Gasteiger partial charge in [-0.25, -0.2) is 18.4 Å². The van der Waals surface area contributed by atoms with Crippen molar-refractivity contribution in [3.8, 4) is 0 Å². The molecule has 0 unspecified atom stereocenters. The molecule has 1 saturated heterocycles. The lowest BCUT2D eigenvalue weighted by molar-refractivity contribution is -0.159. The molecule has 1 N–H and O–H groups in total. The van der Waals surface area contributed by atoms with Crippen LogP contribution in [0.3, 0.4) is 0 Å². The van der Waals surface area contributed by atoms with Gasteiger partial charge in [-0.05, 0) is 31.5 Å². The number of nitrogens with zero attached hydrogens (tertiary/aromatic N) is 5. The smallest absolute Gasteiger partial charge is 0.348 e. The van der Waals surface area contributed by atoms with E-state index in [-0.39, 0.29) is 30.4 Å². The van der Waals surface area contributed by atoms with Crippen LogP contribution in [0.25, 0.3) is 5.78 Å². The van der Waals surface area contributed by atoms with Crippen molar-refractivity contribution in [3.63, 3.8) is 0 Å². The molecule has 0 bridgehead atoms. The number of alkyl halides is 3. The highest BCUT2D eigenvalue weighted by atomic mass is 32.2. The van der Waals surface area contributed by atoms with Crippen molar-refractivity contribution in [3.05, 3.63) is 60.2 Å². The molecule has 1 aliphatic rings. The van der Waals surface area contributed by atoms with Crippen molar-refractivity contribution >= 4 is 21.7 Å². The van der Waals surface area contributed by atoms with Gasteiger partial charge in [0.1, 0.15) is 0 Å². The molecule has 3 aromatic rings. The van der Waals surface area contributed by atoms with Crippen molar-refractivity contribution in [2.75, 3.05) is 19.6 Å². The SMILES string of the molecule is C[C@@H]1CN(S(=O)(=O)c2ccc(CNC(=O)c3cnc4nccn4c3)cc2)C[C@H](C)N1CC(F)(F)F. The van der Waals surface area contributed by atoms with Crippen molar-refractivity contribution in [1.29, 1.82) is 0 Å². The van der Waals surface area contributed by atoms with E-state index < -0.39 is 34.8 Å². The Bertz CT molecular complexity index is 1300. The van der Waals surface area contributed by atoms with E-state index in [1.165, 1.54) is 27.5 Å². The Kier molecular flexibility index (Phi) is 6.84. The number of sulfonamides is 1. The first-order valence-electron chi connectivity index (χ1n) is 10.9. The van der Waals surface area contributed by atoms with Gasteiger partial charge in [0.25, 0.3) is 5.91 Å². The number of carbonyl (C=O) groups excluding carboxylic acids is 1. The summed E-state index contributed by atoms with van der Waals surface area (Å²) in [4.78, 5) is 21.9. The average molecular weight is 511 g/mol. The number of hydrogen-bond acceptors (Lipinski definition) is 6. The Hall–Kier alpha value is -3.03. The van der Waals surface area contributed by atoms with Gasteiger partial charge in [-0.1, -0.05) is 12.1 Å². The van der Waals surface area contributed by atoms with E-state index in [0.29, 0.717) is 16.9 Å². The number of nitrogens with one attached hydrogen (secondary N) is 1. The van der Waals surface area contributed by atoms with E-state index in [1.807, 2.05) is 0 Å². The maximum atomic E-state index is 13.1. The zero-order chi connectivity index (χ0) is 25.4. The van der Waals surface area contributed by atoms with Crippen molar-refractivity contribution < 1.29 is 26.4 Å². The lowest BCUT2D eigenvalue weighted by atomic mass is 10.1. The first kappa shape index (κ1) is 25.1. The van der Waals surface area contributed by atoms with Crippen molar-refractivity contribution in [2.24, 2.45) is 0 Å². The minimum atomic E-state index is -4.35. The van der Waals surface area contributed by atoms with Gasteiger partial charge in [-0.15, -0.1) is 0 Å². The first-order chi connectivity index (χ1) is 16.4. The van der Waals surface area contributed by atoms with E-state index in [0.717, 1.165) is 0 Å². The second-order valence-corrected chi connectivity index (χ2v) is 10.5. The predicted molar refractivity (Wildman–Crippen MR) is 121 cm³/mol. The topological polar surface area (TPSA) is 99.9 Å². The van der Waals surface area contributed by atoms with E-state index >= 15 is 0 Å². The molecule has 1 aliphatic heterocycles. The van der Waals surface area contributed by atoms with Gasteiger partial charge in [0.2, 0.25) is 15.8 Å². The third-order valence-corrected chi connectivity index (χ3v) is 7.80. The van der Waals surface area contributed by atoms with Crippen molar-refractivity contribution in [2.45, 2.75) is 43.5 Å². The second kappa shape index (κ2) is 9.55. The summed E-state index contributed by atoms with van der Waals surface area (Å²) in [6.45, 7) is 2.22. The summed E-state index contributed by atoms with van der Waals surface area (Å²) in [7, 11) is -3.88. The number of carbonyl (C=O) groups is 1. The molecule has 35 heavy (non-hydrogen) atoms. The molecule has 4 rings (SSSR count). The highest BCUT2D eigenvalue weighted by Crippen LogP contribution is 2.27. The summed E-state index contributed by atoms with van der Waals surface area (Å²) < 4.78 is 67.7. The number of imidazole rings is 1. The van der Waals surface area contributed by atoms with Crippen molar-refractivity contribution in [1.82, 2.24) is 28.9 Å². The average Bonchev–Trinajstić information content (AvgIpc) is 3.27. The molecule has 2 atom stereocenters. The van der Waals surface area contributed by atoms with Crippen LogP contribution < -0.4 is 5.32 Å². The Morgan fingerprint density at radius 2 is 1.77 bits per heavy atom. The van der Waals surface area contributed by atoms with Gasteiger partial charge in [0.15, 0.2) is 0 Å². The highest BCUT2D eigenvalue weighted by Gasteiger charge is 2.41. The van der Waals surface area contributed by atoms with E-state index in [9.17, 15) is 26.4 Å². The standard InChI is InChI=1S/C22H25F3N6O3S/c1-15-11-30(12-16(2)31(15)14-22(23,24)25)35(33,34)19-5-3-17(4-6-19)9-27-20(32)18-10-28-21-26-7-8-29(21)13-18/h3-8,10,13,15-16H,9,11-12,14H2,1-2H3,(H,27,32)/t15-,16+. The fraction of sp³-hybridized carbons (Fsp3) is 0.409. The molecule has 0 aliphatic carbocycles. The van der Waals surface area contributed by atoms with Crippen LogP contribution in [0.1, 0.15) is 29.8 Å².